The van der Waals surface area contributed by atoms with E-state index < -0.39 is 15.4 Å². The first-order chi connectivity index (χ1) is 7.19. The Morgan fingerprint density at radius 3 is 2.25 bits per heavy atom. The molecule has 0 aliphatic rings. The lowest BCUT2D eigenvalue weighted by atomic mass is 9.97. The average molecular weight is 251 g/mol. The van der Waals surface area contributed by atoms with E-state index in [4.69, 9.17) is 4.74 Å². The monoisotopic (exact) mass is 251 g/mol. The average Bonchev–Trinajstić information content (AvgIpc) is 2.15. The Morgan fingerprint density at radius 2 is 1.81 bits per heavy atom. The molecule has 0 aliphatic carbocycles. The van der Waals surface area contributed by atoms with Gasteiger partial charge < -0.3 is 4.74 Å². The van der Waals surface area contributed by atoms with E-state index in [1.54, 1.807) is 20.8 Å². The van der Waals surface area contributed by atoms with Gasteiger partial charge in [0.2, 0.25) is 10.0 Å². The minimum atomic E-state index is -3.14. The lowest BCUT2D eigenvalue weighted by Gasteiger charge is -2.16. The Morgan fingerprint density at radius 1 is 1.25 bits per heavy atom. The van der Waals surface area contributed by atoms with Crippen LogP contribution in [0.5, 0.6) is 0 Å². The number of hydrogen-bond acceptors (Lipinski definition) is 4. The van der Waals surface area contributed by atoms with Crippen molar-refractivity contribution in [1.29, 1.82) is 0 Å². The van der Waals surface area contributed by atoms with Crippen LogP contribution in [0.1, 0.15) is 33.6 Å². The van der Waals surface area contributed by atoms with Gasteiger partial charge in [-0.3, -0.25) is 4.79 Å². The lowest BCUT2D eigenvalue weighted by molar-refractivity contribution is -0.153. The number of hydrogen-bond donors (Lipinski definition) is 1. The van der Waals surface area contributed by atoms with Crippen molar-refractivity contribution in [1.82, 2.24) is 4.72 Å². The minimum absolute atomic E-state index is 0.0660. The Balaban J connectivity index is 3.67. The zero-order valence-corrected chi connectivity index (χ0v) is 11.2. The molecule has 0 fully saturated rings. The number of esters is 1. The van der Waals surface area contributed by atoms with Crippen LogP contribution in [0.2, 0.25) is 0 Å². The molecule has 5 nitrogen and oxygen atoms in total. The predicted molar refractivity (Wildman–Crippen MR) is 62.5 cm³/mol. The zero-order valence-electron chi connectivity index (χ0n) is 10.4. The third-order valence-electron chi connectivity index (χ3n) is 1.96. The van der Waals surface area contributed by atoms with Crippen molar-refractivity contribution in [2.24, 2.45) is 5.41 Å². The van der Waals surface area contributed by atoms with E-state index in [9.17, 15) is 13.2 Å². The molecule has 0 aromatic carbocycles. The number of sulfonamides is 1. The minimum Gasteiger partial charge on any atom is -0.465 e. The molecule has 0 aromatic rings. The third-order valence-corrected chi connectivity index (χ3v) is 3.41. The first-order valence-corrected chi connectivity index (χ1v) is 6.93. The van der Waals surface area contributed by atoms with Gasteiger partial charge in [-0.05, 0) is 40.7 Å². The van der Waals surface area contributed by atoms with Crippen molar-refractivity contribution < 1.29 is 17.9 Å². The fourth-order valence-corrected chi connectivity index (χ4v) is 1.67. The number of carbonyl (C=O) groups excluding carboxylic acids is 1. The maximum Gasteiger partial charge on any atom is 0.311 e. The molecule has 0 rings (SSSR count). The highest BCUT2D eigenvalue weighted by atomic mass is 32.2. The first-order valence-electron chi connectivity index (χ1n) is 5.27. The van der Waals surface area contributed by atoms with Gasteiger partial charge in [0, 0.05) is 0 Å². The standard InChI is InChI=1S/C10H21NO4S/c1-10(2,3)9(12)15-7-5-6-8-16(13,14)11-4/h11H,5-8H2,1-4H3. The largest absolute Gasteiger partial charge is 0.465 e. The van der Waals surface area contributed by atoms with E-state index >= 15 is 0 Å². The normalized spacial score (nSPS) is 12.5. The van der Waals surface area contributed by atoms with E-state index in [0.717, 1.165) is 0 Å². The van der Waals surface area contributed by atoms with Crippen molar-refractivity contribution in [3.05, 3.63) is 0 Å². The fourth-order valence-electron chi connectivity index (χ4n) is 0.878. The number of unbranched alkanes of at least 4 members (excludes halogenated alkanes) is 1. The molecule has 96 valence electrons. The number of ether oxygens (including phenoxy) is 1. The van der Waals surface area contributed by atoms with Gasteiger partial charge in [0.1, 0.15) is 0 Å². The van der Waals surface area contributed by atoms with E-state index in [-0.39, 0.29) is 18.3 Å². The Hall–Kier alpha value is -0.620. The van der Waals surface area contributed by atoms with Crippen molar-refractivity contribution in [2.45, 2.75) is 33.6 Å². The molecule has 0 bridgehead atoms. The van der Waals surface area contributed by atoms with Crippen molar-refractivity contribution in [3.63, 3.8) is 0 Å². The van der Waals surface area contributed by atoms with Gasteiger partial charge in [-0.2, -0.15) is 0 Å². The van der Waals surface area contributed by atoms with Crippen LogP contribution in [0.3, 0.4) is 0 Å². The molecule has 0 unspecified atom stereocenters. The second-order valence-corrected chi connectivity index (χ2v) is 6.66. The van der Waals surface area contributed by atoms with Crippen molar-refractivity contribution in [3.8, 4) is 0 Å². The van der Waals surface area contributed by atoms with Crippen LogP contribution >= 0.6 is 0 Å². The summed E-state index contributed by atoms with van der Waals surface area (Å²) in [4.78, 5) is 11.3. The maximum absolute atomic E-state index is 11.3. The highest BCUT2D eigenvalue weighted by molar-refractivity contribution is 7.89. The van der Waals surface area contributed by atoms with Gasteiger partial charge >= 0.3 is 5.97 Å². The molecule has 1 N–H and O–H groups in total. The summed E-state index contributed by atoms with van der Waals surface area (Å²) in [6.07, 6.45) is 1.04. The summed E-state index contributed by atoms with van der Waals surface area (Å²) in [5, 5.41) is 0. The summed E-state index contributed by atoms with van der Waals surface area (Å²) in [6, 6.07) is 0. The van der Waals surface area contributed by atoms with Crippen LogP contribution in [0.4, 0.5) is 0 Å². The smallest absolute Gasteiger partial charge is 0.311 e. The summed E-state index contributed by atoms with van der Waals surface area (Å²) in [5.74, 6) is -0.194. The van der Waals surface area contributed by atoms with Gasteiger partial charge in [0.05, 0.1) is 17.8 Å². The van der Waals surface area contributed by atoms with Gasteiger partial charge in [0.25, 0.3) is 0 Å². The van der Waals surface area contributed by atoms with Crippen LogP contribution in [-0.4, -0.2) is 33.8 Å². The quantitative estimate of drug-likeness (QED) is 0.562. The molecule has 0 atom stereocenters. The zero-order chi connectivity index (χ0) is 12.8. The summed E-state index contributed by atoms with van der Waals surface area (Å²) < 4.78 is 29.3. The molecule has 6 heteroatoms. The summed E-state index contributed by atoms with van der Waals surface area (Å²) in [6.45, 7) is 5.61. The van der Waals surface area contributed by atoms with Gasteiger partial charge in [-0.1, -0.05) is 0 Å². The Labute approximate surface area is 97.6 Å². The summed E-state index contributed by atoms with van der Waals surface area (Å²) >= 11 is 0. The molecule has 0 saturated heterocycles. The molecule has 0 radical (unpaired) electrons. The highest BCUT2D eigenvalue weighted by Gasteiger charge is 2.22. The molecule has 0 aliphatic heterocycles. The molecule has 0 amide bonds. The molecule has 0 spiro atoms. The van der Waals surface area contributed by atoms with Gasteiger partial charge in [-0.25, -0.2) is 13.1 Å². The van der Waals surface area contributed by atoms with Crippen LogP contribution < -0.4 is 4.72 Å². The fraction of sp³-hybridized carbons (Fsp3) is 0.900. The van der Waals surface area contributed by atoms with Gasteiger partial charge in [-0.15, -0.1) is 0 Å². The topological polar surface area (TPSA) is 72.5 Å². The molecule has 0 aromatic heterocycles. The number of rotatable bonds is 6. The van der Waals surface area contributed by atoms with Crippen LogP contribution in [0.25, 0.3) is 0 Å². The first kappa shape index (κ1) is 15.4. The number of nitrogens with one attached hydrogen (secondary N) is 1. The van der Waals surface area contributed by atoms with E-state index in [0.29, 0.717) is 12.8 Å². The van der Waals surface area contributed by atoms with Crippen molar-refractivity contribution >= 4 is 16.0 Å². The molecular formula is C10H21NO4S. The third kappa shape index (κ3) is 6.79. The van der Waals surface area contributed by atoms with Crippen LogP contribution in [-0.2, 0) is 19.6 Å². The maximum atomic E-state index is 11.3. The Kier molecular flexibility index (Phi) is 5.96. The van der Waals surface area contributed by atoms with Crippen LogP contribution in [0.15, 0.2) is 0 Å². The summed E-state index contributed by atoms with van der Waals surface area (Å²) in [7, 11) is -1.76. The highest BCUT2D eigenvalue weighted by Crippen LogP contribution is 2.15. The van der Waals surface area contributed by atoms with E-state index in [2.05, 4.69) is 4.72 Å². The molecule has 16 heavy (non-hydrogen) atoms. The lowest BCUT2D eigenvalue weighted by Crippen LogP contribution is -2.24. The number of carbonyl (C=O) groups is 1. The summed E-state index contributed by atoms with van der Waals surface area (Å²) in [5.41, 5.74) is -0.503. The predicted octanol–water partition coefficient (Wildman–Crippen LogP) is 0.905. The second-order valence-electron chi connectivity index (χ2n) is 4.62. The van der Waals surface area contributed by atoms with E-state index in [1.807, 2.05) is 0 Å². The second kappa shape index (κ2) is 6.20. The van der Waals surface area contributed by atoms with Crippen LogP contribution in [0, 0.1) is 5.41 Å². The SMILES string of the molecule is CNS(=O)(=O)CCCCOC(=O)C(C)(C)C. The molecule has 0 saturated carbocycles. The van der Waals surface area contributed by atoms with E-state index in [1.165, 1.54) is 7.05 Å². The van der Waals surface area contributed by atoms with Gasteiger partial charge in [0.15, 0.2) is 0 Å². The molecular weight excluding hydrogens is 230 g/mol. The molecule has 0 heterocycles. The Bertz CT molecular complexity index is 316. The van der Waals surface area contributed by atoms with Crippen molar-refractivity contribution in [2.75, 3.05) is 19.4 Å².